The predicted octanol–water partition coefficient (Wildman–Crippen LogP) is 3.11. The second-order valence-electron chi connectivity index (χ2n) is 4.86. The Hall–Kier alpha value is -1.62. The number of nitro benzene ring substituents is 1. The van der Waals surface area contributed by atoms with Crippen LogP contribution in [0.4, 0.5) is 11.4 Å². The van der Waals surface area contributed by atoms with Crippen LogP contribution in [-0.4, -0.2) is 23.2 Å². The van der Waals surface area contributed by atoms with Crippen LogP contribution in [-0.2, 0) is 0 Å². The van der Waals surface area contributed by atoms with E-state index in [1.54, 1.807) is 12.1 Å². The fraction of sp³-hybridized carbons (Fsp3) is 0.571. The molecule has 106 valence electrons. The highest BCUT2D eigenvalue weighted by Crippen LogP contribution is 2.21. The van der Waals surface area contributed by atoms with Crippen LogP contribution < -0.4 is 5.32 Å². The van der Waals surface area contributed by atoms with Crippen molar-refractivity contribution in [2.45, 2.75) is 33.1 Å². The summed E-state index contributed by atoms with van der Waals surface area (Å²) in [5.74, 6) is 0.398. The maximum Gasteiger partial charge on any atom is 0.271 e. The minimum atomic E-state index is -0.380. The van der Waals surface area contributed by atoms with Gasteiger partial charge in [0.2, 0.25) is 0 Å². The molecule has 0 spiro atoms. The largest absolute Gasteiger partial charge is 0.396 e. The number of non-ortho nitro benzene ring substituents is 1. The first-order valence-corrected chi connectivity index (χ1v) is 6.67. The maximum absolute atomic E-state index is 10.8. The van der Waals surface area contributed by atoms with Gasteiger partial charge in [-0.2, -0.15) is 0 Å². The summed E-state index contributed by atoms with van der Waals surface area (Å²) in [4.78, 5) is 10.4. The molecular weight excluding hydrogens is 244 g/mol. The first kappa shape index (κ1) is 15.4. The van der Waals surface area contributed by atoms with Gasteiger partial charge in [-0.3, -0.25) is 10.1 Å². The molecule has 0 saturated heterocycles. The SMILES string of the molecule is CCCC(CCO)CNc1cc(C)cc([N+](=O)[O-])c1. The van der Waals surface area contributed by atoms with E-state index in [2.05, 4.69) is 12.2 Å². The van der Waals surface area contributed by atoms with Gasteiger partial charge in [-0.1, -0.05) is 13.3 Å². The van der Waals surface area contributed by atoms with Crippen molar-refractivity contribution >= 4 is 11.4 Å². The zero-order valence-electron chi connectivity index (χ0n) is 11.6. The number of aryl methyl sites for hydroxylation is 1. The molecule has 1 atom stereocenters. The smallest absolute Gasteiger partial charge is 0.271 e. The Labute approximate surface area is 113 Å². The van der Waals surface area contributed by atoms with E-state index in [4.69, 9.17) is 5.11 Å². The average molecular weight is 266 g/mol. The van der Waals surface area contributed by atoms with Crippen LogP contribution in [0.2, 0.25) is 0 Å². The lowest BCUT2D eigenvalue weighted by Crippen LogP contribution is -2.15. The van der Waals surface area contributed by atoms with Gasteiger partial charge in [-0.15, -0.1) is 0 Å². The van der Waals surface area contributed by atoms with E-state index in [0.717, 1.165) is 37.1 Å². The molecule has 0 aliphatic carbocycles. The fourth-order valence-electron chi connectivity index (χ4n) is 2.17. The Morgan fingerprint density at radius 1 is 1.37 bits per heavy atom. The molecule has 0 amide bonds. The first-order chi connectivity index (χ1) is 9.06. The molecule has 19 heavy (non-hydrogen) atoms. The predicted molar refractivity (Wildman–Crippen MR) is 76.4 cm³/mol. The minimum Gasteiger partial charge on any atom is -0.396 e. The van der Waals surface area contributed by atoms with E-state index in [-0.39, 0.29) is 17.2 Å². The molecule has 0 radical (unpaired) electrons. The Kier molecular flexibility index (Phi) is 6.29. The summed E-state index contributed by atoms with van der Waals surface area (Å²) in [5, 5.41) is 23.0. The Bertz CT molecular complexity index is 415. The van der Waals surface area contributed by atoms with Crippen LogP contribution in [0.1, 0.15) is 31.7 Å². The molecule has 5 nitrogen and oxygen atoms in total. The second kappa shape index (κ2) is 7.74. The van der Waals surface area contributed by atoms with Crippen molar-refractivity contribution in [2.75, 3.05) is 18.5 Å². The molecule has 0 aromatic heterocycles. The highest BCUT2D eigenvalue weighted by molar-refractivity contribution is 5.53. The number of nitro groups is 1. The van der Waals surface area contributed by atoms with Crippen molar-refractivity contribution in [3.8, 4) is 0 Å². The Morgan fingerprint density at radius 3 is 2.68 bits per heavy atom. The van der Waals surface area contributed by atoms with Crippen LogP contribution in [0.15, 0.2) is 18.2 Å². The third-order valence-corrected chi connectivity index (χ3v) is 3.10. The van der Waals surface area contributed by atoms with Gasteiger partial charge >= 0.3 is 0 Å². The van der Waals surface area contributed by atoms with Crippen molar-refractivity contribution in [3.05, 3.63) is 33.9 Å². The average Bonchev–Trinajstić information content (AvgIpc) is 2.36. The molecule has 0 heterocycles. The summed E-state index contributed by atoms with van der Waals surface area (Å²) in [6.07, 6.45) is 2.87. The number of aliphatic hydroxyl groups is 1. The Balaban J connectivity index is 2.67. The highest BCUT2D eigenvalue weighted by Gasteiger charge is 2.10. The molecule has 0 aliphatic heterocycles. The summed E-state index contributed by atoms with van der Waals surface area (Å²) < 4.78 is 0. The minimum absolute atomic E-state index is 0.108. The third-order valence-electron chi connectivity index (χ3n) is 3.10. The van der Waals surface area contributed by atoms with Gasteiger partial charge in [-0.25, -0.2) is 0 Å². The topological polar surface area (TPSA) is 75.4 Å². The number of rotatable bonds is 8. The van der Waals surface area contributed by atoms with Crippen LogP contribution in [0.5, 0.6) is 0 Å². The van der Waals surface area contributed by atoms with E-state index in [1.807, 2.05) is 13.0 Å². The van der Waals surface area contributed by atoms with E-state index in [1.165, 1.54) is 0 Å². The van der Waals surface area contributed by atoms with Gasteiger partial charge in [0.25, 0.3) is 5.69 Å². The molecule has 1 unspecified atom stereocenters. The summed E-state index contributed by atoms with van der Waals surface area (Å²) in [6.45, 7) is 4.87. The van der Waals surface area contributed by atoms with Crippen LogP contribution in [0, 0.1) is 23.0 Å². The van der Waals surface area contributed by atoms with Crippen LogP contribution >= 0.6 is 0 Å². The highest BCUT2D eigenvalue weighted by atomic mass is 16.6. The van der Waals surface area contributed by atoms with Gasteiger partial charge in [0.15, 0.2) is 0 Å². The third kappa shape index (κ3) is 5.26. The number of benzene rings is 1. The summed E-state index contributed by atoms with van der Waals surface area (Å²) in [5.41, 5.74) is 1.74. The second-order valence-corrected chi connectivity index (χ2v) is 4.86. The molecule has 0 aliphatic rings. The molecule has 1 aromatic carbocycles. The van der Waals surface area contributed by atoms with E-state index >= 15 is 0 Å². The number of anilines is 1. The zero-order valence-corrected chi connectivity index (χ0v) is 11.6. The van der Waals surface area contributed by atoms with Crippen molar-refractivity contribution in [1.29, 1.82) is 0 Å². The van der Waals surface area contributed by atoms with Gasteiger partial charge in [0.1, 0.15) is 0 Å². The molecule has 1 rings (SSSR count). The lowest BCUT2D eigenvalue weighted by atomic mass is 10.00. The summed E-state index contributed by atoms with van der Waals surface area (Å²) >= 11 is 0. The van der Waals surface area contributed by atoms with Gasteiger partial charge in [-0.05, 0) is 37.3 Å². The van der Waals surface area contributed by atoms with Crippen molar-refractivity contribution in [3.63, 3.8) is 0 Å². The Morgan fingerprint density at radius 2 is 2.11 bits per heavy atom. The quantitative estimate of drug-likeness (QED) is 0.560. The van der Waals surface area contributed by atoms with E-state index in [9.17, 15) is 10.1 Å². The monoisotopic (exact) mass is 266 g/mol. The summed E-state index contributed by atoms with van der Waals surface area (Å²) in [6, 6.07) is 5.01. The normalized spacial score (nSPS) is 12.2. The summed E-state index contributed by atoms with van der Waals surface area (Å²) in [7, 11) is 0. The van der Waals surface area contributed by atoms with Crippen LogP contribution in [0.25, 0.3) is 0 Å². The molecule has 0 bridgehead atoms. The van der Waals surface area contributed by atoms with Gasteiger partial charge in [0, 0.05) is 31.0 Å². The number of aliphatic hydroxyl groups excluding tert-OH is 1. The van der Waals surface area contributed by atoms with Crippen molar-refractivity contribution in [2.24, 2.45) is 5.92 Å². The van der Waals surface area contributed by atoms with Crippen LogP contribution in [0.3, 0.4) is 0 Å². The molecule has 1 aromatic rings. The molecular formula is C14H22N2O3. The lowest BCUT2D eigenvalue weighted by molar-refractivity contribution is -0.384. The molecule has 2 N–H and O–H groups in total. The van der Waals surface area contributed by atoms with Crippen molar-refractivity contribution < 1.29 is 10.0 Å². The number of hydrogen-bond donors (Lipinski definition) is 2. The lowest BCUT2D eigenvalue weighted by Gasteiger charge is -2.16. The molecule has 5 heteroatoms. The fourth-order valence-corrected chi connectivity index (χ4v) is 2.17. The first-order valence-electron chi connectivity index (χ1n) is 6.67. The number of nitrogens with zero attached hydrogens (tertiary/aromatic N) is 1. The molecule has 0 saturated carbocycles. The van der Waals surface area contributed by atoms with Gasteiger partial charge in [0.05, 0.1) is 4.92 Å². The van der Waals surface area contributed by atoms with Crippen molar-refractivity contribution in [1.82, 2.24) is 0 Å². The van der Waals surface area contributed by atoms with E-state index in [0.29, 0.717) is 5.92 Å². The number of hydrogen-bond acceptors (Lipinski definition) is 4. The number of nitrogens with one attached hydrogen (secondary N) is 1. The molecule has 0 fully saturated rings. The zero-order chi connectivity index (χ0) is 14.3. The van der Waals surface area contributed by atoms with E-state index < -0.39 is 0 Å². The maximum atomic E-state index is 10.8. The standard InChI is InChI=1S/C14H22N2O3/c1-3-4-12(5-6-17)10-15-13-7-11(2)8-14(9-13)16(18)19/h7-9,12,15,17H,3-6,10H2,1-2H3. The van der Waals surface area contributed by atoms with Gasteiger partial charge < -0.3 is 10.4 Å².